The van der Waals surface area contributed by atoms with Crippen LogP contribution in [0.25, 0.3) is 44.1 Å². The van der Waals surface area contributed by atoms with Crippen LogP contribution in [-0.4, -0.2) is 4.98 Å². The number of hydrogen-bond acceptors (Lipinski definition) is 0. The second-order valence-corrected chi connectivity index (χ2v) is 9.79. The van der Waals surface area contributed by atoms with Gasteiger partial charge in [0.25, 0.3) is 0 Å². The highest BCUT2D eigenvalue weighted by Gasteiger charge is 2.11. The third-order valence-electron chi connectivity index (χ3n) is 6.12. The molecule has 0 fully saturated rings. The lowest BCUT2D eigenvalue weighted by molar-refractivity contribution is 1.14. The van der Waals surface area contributed by atoms with E-state index in [2.05, 4.69) is 123 Å². The summed E-state index contributed by atoms with van der Waals surface area (Å²) in [6.07, 6.45) is 2.02. The number of rotatable bonds is 4. The maximum atomic E-state index is 3.61. The summed E-state index contributed by atoms with van der Waals surface area (Å²) in [5, 5.41) is 2.55. The molecule has 0 aliphatic carbocycles. The SMILES string of the molecule is CCc1cc(Br)ccc1-c1ccc2[nH]c3ccc(-c4ccc(Br)cc4CC)cc3c2c1. The summed E-state index contributed by atoms with van der Waals surface area (Å²) in [5.41, 5.74) is 10.2. The molecule has 5 aromatic rings. The monoisotopic (exact) mass is 531 g/mol. The van der Waals surface area contributed by atoms with E-state index >= 15 is 0 Å². The Morgan fingerprint density at radius 3 is 1.45 bits per heavy atom. The molecule has 0 radical (unpaired) electrons. The van der Waals surface area contributed by atoms with Gasteiger partial charge in [0.15, 0.2) is 0 Å². The van der Waals surface area contributed by atoms with E-state index in [4.69, 9.17) is 0 Å². The van der Waals surface area contributed by atoms with Crippen LogP contribution in [-0.2, 0) is 12.8 Å². The minimum Gasteiger partial charge on any atom is -0.355 e. The normalized spacial score (nSPS) is 11.5. The van der Waals surface area contributed by atoms with Crippen molar-refractivity contribution < 1.29 is 0 Å². The molecule has 1 heterocycles. The van der Waals surface area contributed by atoms with Crippen LogP contribution < -0.4 is 0 Å². The first kappa shape index (κ1) is 20.5. The lowest BCUT2D eigenvalue weighted by Gasteiger charge is -2.10. The average Bonchev–Trinajstić information content (AvgIpc) is 3.16. The molecule has 0 aliphatic heterocycles. The zero-order valence-electron chi connectivity index (χ0n) is 17.6. The molecule has 1 aromatic heterocycles. The second-order valence-electron chi connectivity index (χ2n) is 7.96. The van der Waals surface area contributed by atoms with Gasteiger partial charge in [-0.05, 0) is 94.8 Å². The summed E-state index contributed by atoms with van der Waals surface area (Å²) < 4.78 is 2.26. The number of fused-ring (bicyclic) bond motifs is 3. The van der Waals surface area contributed by atoms with Crippen molar-refractivity contribution in [3.63, 3.8) is 0 Å². The van der Waals surface area contributed by atoms with Crippen LogP contribution in [0.3, 0.4) is 0 Å². The van der Waals surface area contributed by atoms with E-state index in [1.165, 1.54) is 55.2 Å². The predicted molar refractivity (Wildman–Crippen MR) is 141 cm³/mol. The van der Waals surface area contributed by atoms with E-state index in [1.807, 2.05) is 0 Å². The quantitative estimate of drug-likeness (QED) is 0.237. The molecule has 154 valence electrons. The van der Waals surface area contributed by atoms with Crippen molar-refractivity contribution in [2.75, 3.05) is 0 Å². The Bertz CT molecular complexity index is 1320. The molecule has 0 spiro atoms. The van der Waals surface area contributed by atoms with Crippen LogP contribution in [0.2, 0.25) is 0 Å². The van der Waals surface area contributed by atoms with Gasteiger partial charge in [0, 0.05) is 30.8 Å². The summed E-state index contributed by atoms with van der Waals surface area (Å²) in [6.45, 7) is 4.43. The third-order valence-corrected chi connectivity index (χ3v) is 7.10. The predicted octanol–water partition coefficient (Wildman–Crippen LogP) is 9.30. The highest BCUT2D eigenvalue weighted by Crippen LogP contribution is 2.35. The van der Waals surface area contributed by atoms with Crippen LogP contribution in [0.1, 0.15) is 25.0 Å². The first-order valence-corrected chi connectivity index (χ1v) is 12.3. The van der Waals surface area contributed by atoms with Crippen LogP contribution >= 0.6 is 31.9 Å². The summed E-state index contributed by atoms with van der Waals surface area (Å²) in [5.74, 6) is 0. The number of halogens is 2. The van der Waals surface area contributed by atoms with Gasteiger partial charge in [-0.15, -0.1) is 0 Å². The minimum atomic E-state index is 1.01. The van der Waals surface area contributed by atoms with Gasteiger partial charge >= 0.3 is 0 Å². The number of hydrogen-bond donors (Lipinski definition) is 1. The smallest absolute Gasteiger partial charge is 0.0465 e. The van der Waals surface area contributed by atoms with Crippen LogP contribution in [0.15, 0.2) is 81.7 Å². The van der Waals surface area contributed by atoms with E-state index in [0.29, 0.717) is 0 Å². The molecule has 5 rings (SSSR count). The van der Waals surface area contributed by atoms with Gasteiger partial charge in [-0.1, -0.05) is 70.0 Å². The lowest BCUT2D eigenvalue weighted by atomic mass is 9.95. The molecule has 3 heteroatoms. The van der Waals surface area contributed by atoms with Crippen molar-refractivity contribution >= 4 is 53.7 Å². The maximum absolute atomic E-state index is 3.61. The molecule has 0 bridgehead atoms. The fraction of sp³-hybridized carbons (Fsp3) is 0.143. The summed E-state index contributed by atoms with van der Waals surface area (Å²) >= 11 is 7.23. The topological polar surface area (TPSA) is 15.8 Å². The largest absolute Gasteiger partial charge is 0.355 e. The maximum Gasteiger partial charge on any atom is 0.0465 e. The Kier molecular flexibility index (Phi) is 5.49. The van der Waals surface area contributed by atoms with Crippen LogP contribution in [0.5, 0.6) is 0 Å². The van der Waals surface area contributed by atoms with E-state index in [0.717, 1.165) is 21.8 Å². The molecule has 0 saturated heterocycles. The van der Waals surface area contributed by atoms with Gasteiger partial charge in [-0.25, -0.2) is 0 Å². The van der Waals surface area contributed by atoms with Gasteiger partial charge < -0.3 is 4.98 Å². The molecular weight excluding hydrogens is 510 g/mol. The number of aromatic nitrogens is 1. The zero-order chi connectivity index (χ0) is 21.5. The lowest BCUT2D eigenvalue weighted by Crippen LogP contribution is -1.88. The van der Waals surface area contributed by atoms with Gasteiger partial charge in [0.2, 0.25) is 0 Å². The summed E-state index contributed by atoms with van der Waals surface area (Å²) in [6, 6.07) is 26.7. The fourth-order valence-electron chi connectivity index (χ4n) is 4.51. The van der Waals surface area contributed by atoms with Crippen molar-refractivity contribution in [3.8, 4) is 22.3 Å². The fourth-order valence-corrected chi connectivity index (χ4v) is 5.32. The standard InChI is InChI=1S/C28H23Br2N/c1-3-17-13-21(29)7-9-23(17)19-5-11-27-25(15-19)26-16-20(6-12-28(26)31-27)24-10-8-22(30)14-18(24)4-2/h5-16,31H,3-4H2,1-2H3. The van der Waals surface area contributed by atoms with Crippen LogP contribution in [0, 0.1) is 0 Å². The molecule has 0 atom stereocenters. The zero-order valence-corrected chi connectivity index (χ0v) is 20.8. The highest BCUT2D eigenvalue weighted by molar-refractivity contribution is 9.10. The number of benzene rings is 4. The Hall–Kier alpha value is -2.36. The molecule has 0 unspecified atom stereocenters. The Labute approximate surface area is 199 Å². The van der Waals surface area contributed by atoms with Gasteiger partial charge in [0.05, 0.1) is 0 Å². The molecular formula is C28H23Br2N. The summed E-state index contributed by atoms with van der Waals surface area (Å²) in [7, 11) is 0. The average molecular weight is 533 g/mol. The van der Waals surface area contributed by atoms with Crippen molar-refractivity contribution in [1.29, 1.82) is 0 Å². The molecule has 0 amide bonds. The van der Waals surface area contributed by atoms with Gasteiger partial charge in [0.1, 0.15) is 0 Å². The first-order valence-electron chi connectivity index (χ1n) is 10.7. The van der Waals surface area contributed by atoms with Gasteiger partial charge in [-0.3, -0.25) is 0 Å². The van der Waals surface area contributed by atoms with Gasteiger partial charge in [-0.2, -0.15) is 0 Å². The Morgan fingerprint density at radius 2 is 1.03 bits per heavy atom. The number of H-pyrrole nitrogens is 1. The van der Waals surface area contributed by atoms with Crippen LogP contribution in [0.4, 0.5) is 0 Å². The van der Waals surface area contributed by atoms with Crippen molar-refractivity contribution in [3.05, 3.63) is 92.9 Å². The Balaban J connectivity index is 1.70. The third kappa shape index (κ3) is 3.75. The van der Waals surface area contributed by atoms with Crippen molar-refractivity contribution in [2.45, 2.75) is 26.7 Å². The molecule has 0 aliphatic rings. The highest BCUT2D eigenvalue weighted by atomic mass is 79.9. The molecule has 1 nitrogen and oxygen atoms in total. The minimum absolute atomic E-state index is 1.01. The first-order chi connectivity index (χ1) is 15.1. The van der Waals surface area contributed by atoms with E-state index in [-0.39, 0.29) is 0 Å². The van der Waals surface area contributed by atoms with Crippen molar-refractivity contribution in [1.82, 2.24) is 4.98 Å². The van der Waals surface area contributed by atoms with Crippen molar-refractivity contribution in [2.24, 2.45) is 0 Å². The number of nitrogens with one attached hydrogen (secondary N) is 1. The molecule has 1 N–H and O–H groups in total. The van der Waals surface area contributed by atoms with E-state index in [9.17, 15) is 0 Å². The Morgan fingerprint density at radius 1 is 0.581 bits per heavy atom. The molecule has 31 heavy (non-hydrogen) atoms. The van der Waals surface area contributed by atoms with E-state index < -0.39 is 0 Å². The molecule has 4 aromatic carbocycles. The number of aromatic amines is 1. The van der Waals surface area contributed by atoms with E-state index in [1.54, 1.807) is 0 Å². The number of aryl methyl sites for hydroxylation is 2. The second kappa shape index (κ2) is 8.29. The summed E-state index contributed by atoms with van der Waals surface area (Å²) in [4.78, 5) is 3.60. The molecule has 0 saturated carbocycles.